The second-order valence-corrected chi connectivity index (χ2v) is 5.84. The molecule has 0 spiro atoms. The zero-order valence-electron chi connectivity index (χ0n) is 14.0. The van der Waals surface area contributed by atoms with Gasteiger partial charge in [-0.15, -0.1) is 0 Å². The molecule has 0 radical (unpaired) electrons. The second-order valence-electron chi connectivity index (χ2n) is 5.84. The summed E-state index contributed by atoms with van der Waals surface area (Å²) in [5, 5.41) is 21.2. The summed E-state index contributed by atoms with van der Waals surface area (Å²) in [7, 11) is 3.26. The van der Waals surface area contributed by atoms with Gasteiger partial charge in [0.1, 0.15) is 5.82 Å². The van der Waals surface area contributed by atoms with E-state index in [9.17, 15) is 5.11 Å². The number of methoxy groups -OCH3 is 2. The molecule has 0 aromatic heterocycles. The lowest BCUT2D eigenvalue weighted by Gasteiger charge is -2.07. The number of hydrogen-bond donors (Lipinski definition) is 4. The Morgan fingerprint density at radius 1 is 1.00 bits per heavy atom. The summed E-state index contributed by atoms with van der Waals surface area (Å²) < 4.78 is 10.8. The minimum atomic E-state index is 0.0155. The predicted molar refractivity (Wildman–Crippen MR) is 98.0 cm³/mol. The third-order valence-corrected chi connectivity index (χ3v) is 4.35. The van der Waals surface area contributed by atoms with Crippen LogP contribution in [0.2, 0.25) is 0 Å². The number of nitrogens with one attached hydrogen (secondary N) is 3. The van der Waals surface area contributed by atoms with E-state index in [0.29, 0.717) is 11.5 Å². The van der Waals surface area contributed by atoms with Gasteiger partial charge in [0.2, 0.25) is 0 Å². The number of benzene rings is 2. The number of H-pyrrole nitrogens is 2. The molecular formula is C19H19N3O3. The Balaban J connectivity index is 1.76. The standard InChI is InChI=1S/C19H19N3O3/c1-24-16-8-12-7-15-18(14(12)9-17(16)25-2)21-22-19(15)20-13-5-3-4-11(6-13)10-23/h3-9,20-23H,10H2,1-2H3. The van der Waals surface area contributed by atoms with Crippen LogP contribution in [-0.2, 0) is 6.61 Å². The van der Waals surface area contributed by atoms with Crippen LogP contribution in [0.4, 0.5) is 11.5 Å². The summed E-state index contributed by atoms with van der Waals surface area (Å²) in [5.74, 6) is 2.26. The van der Waals surface area contributed by atoms with E-state index in [0.717, 1.165) is 39.1 Å². The average molecular weight is 337 g/mol. The van der Waals surface area contributed by atoms with Gasteiger partial charge in [-0.05, 0) is 41.3 Å². The topological polar surface area (TPSA) is 82.3 Å². The fourth-order valence-corrected chi connectivity index (χ4v) is 3.12. The number of rotatable bonds is 5. The molecule has 6 heteroatoms. The molecule has 0 amide bonds. The predicted octanol–water partition coefficient (Wildman–Crippen LogP) is 3.85. The molecule has 2 aromatic rings. The first-order valence-electron chi connectivity index (χ1n) is 7.95. The molecule has 1 aliphatic carbocycles. The van der Waals surface area contributed by atoms with Gasteiger partial charge < -0.3 is 19.9 Å². The monoisotopic (exact) mass is 337 g/mol. The van der Waals surface area contributed by atoms with Gasteiger partial charge in [-0.3, -0.25) is 10.2 Å². The molecule has 128 valence electrons. The third-order valence-electron chi connectivity index (χ3n) is 4.35. The van der Waals surface area contributed by atoms with Crippen molar-refractivity contribution >= 4 is 22.3 Å². The van der Waals surface area contributed by atoms with Crippen LogP contribution in [0.5, 0.6) is 11.5 Å². The summed E-state index contributed by atoms with van der Waals surface area (Å²) in [4.78, 5) is 0. The largest absolute Gasteiger partial charge is 0.493 e. The van der Waals surface area contributed by atoms with E-state index in [1.807, 2.05) is 36.4 Å². The van der Waals surface area contributed by atoms with Gasteiger partial charge in [0.25, 0.3) is 0 Å². The van der Waals surface area contributed by atoms with Crippen molar-refractivity contribution in [1.29, 1.82) is 0 Å². The first-order valence-corrected chi connectivity index (χ1v) is 7.95. The highest BCUT2D eigenvalue weighted by molar-refractivity contribution is 6.05. The minimum Gasteiger partial charge on any atom is -0.493 e. The number of fused-ring (bicyclic) bond motifs is 3. The summed E-state index contributed by atoms with van der Waals surface area (Å²) in [6.07, 6.45) is 0. The second kappa shape index (κ2) is 6.07. The van der Waals surface area contributed by atoms with E-state index in [-0.39, 0.29) is 6.61 Å². The van der Waals surface area contributed by atoms with Gasteiger partial charge in [-0.1, -0.05) is 12.1 Å². The van der Waals surface area contributed by atoms with E-state index in [4.69, 9.17) is 9.47 Å². The fraction of sp³-hybridized carbons (Fsp3) is 0.158. The zero-order valence-corrected chi connectivity index (χ0v) is 14.0. The Hall–Kier alpha value is -3.12. The summed E-state index contributed by atoms with van der Waals surface area (Å²) in [6, 6.07) is 13.7. The number of hydrogen-bond acceptors (Lipinski definition) is 4. The van der Waals surface area contributed by atoms with Gasteiger partial charge in [-0.25, -0.2) is 0 Å². The fourth-order valence-electron chi connectivity index (χ4n) is 3.12. The molecule has 0 atom stereocenters. The lowest BCUT2D eigenvalue weighted by molar-refractivity contribution is 0.282. The molecule has 0 unspecified atom stereocenters. The van der Waals surface area contributed by atoms with Gasteiger partial charge >= 0.3 is 0 Å². The molecule has 4 rings (SSSR count). The molecule has 25 heavy (non-hydrogen) atoms. The Morgan fingerprint density at radius 3 is 2.56 bits per heavy atom. The number of aromatic nitrogens is 2. The lowest BCUT2D eigenvalue weighted by Crippen LogP contribution is -1.93. The van der Waals surface area contributed by atoms with Crippen LogP contribution >= 0.6 is 0 Å². The van der Waals surface area contributed by atoms with E-state index in [1.165, 1.54) is 0 Å². The highest BCUT2D eigenvalue weighted by Crippen LogP contribution is 2.42. The first-order chi connectivity index (χ1) is 12.2. The summed E-state index contributed by atoms with van der Waals surface area (Å²) in [6.45, 7) is 0.0155. The minimum absolute atomic E-state index is 0.0155. The summed E-state index contributed by atoms with van der Waals surface area (Å²) >= 11 is 0. The Bertz CT molecular complexity index is 1000. The van der Waals surface area contributed by atoms with Crippen molar-refractivity contribution in [3.63, 3.8) is 0 Å². The molecule has 0 bridgehead atoms. The van der Waals surface area contributed by atoms with Crippen molar-refractivity contribution in [1.82, 2.24) is 10.2 Å². The molecule has 0 fully saturated rings. The number of aliphatic hydroxyl groups excluding tert-OH is 1. The van der Waals surface area contributed by atoms with Crippen LogP contribution in [0.15, 0.2) is 42.5 Å². The molecule has 4 N–H and O–H groups in total. The Labute approximate surface area is 144 Å². The summed E-state index contributed by atoms with van der Waals surface area (Å²) in [5.41, 5.74) is 3.81. The van der Waals surface area contributed by atoms with Crippen LogP contribution in [-0.4, -0.2) is 29.5 Å². The molecule has 2 aliphatic rings. The van der Waals surface area contributed by atoms with Crippen molar-refractivity contribution in [2.24, 2.45) is 0 Å². The molecule has 0 saturated heterocycles. The van der Waals surface area contributed by atoms with E-state index in [2.05, 4.69) is 21.6 Å². The van der Waals surface area contributed by atoms with Gasteiger partial charge in [-0.2, -0.15) is 0 Å². The van der Waals surface area contributed by atoms with Gasteiger partial charge in [0.05, 0.1) is 26.5 Å². The van der Waals surface area contributed by atoms with Crippen LogP contribution in [0.3, 0.4) is 0 Å². The smallest absolute Gasteiger partial charge is 0.161 e. The van der Waals surface area contributed by atoms with Crippen LogP contribution in [0.1, 0.15) is 5.56 Å². The van der Waals surface area contributed by atoms with Crippen molar-refractivity contribution in [3.05, 3.63) is 48.0 Å². The number of anilines is 2. The van der Waals surface area contributed by atoms with Gasteiger partial charge in [0.15, 0.2) is 11.5 Å². The Kier molecular flexibility index (Phi) is 3.74. The average Bonchev–Trinajstić information content (AvgIpc) is 3.20. The molecule has 1 aliphatic heterocycles. The lowest BCUT2D eigenvalue weighted by atomic mass is 10.2. The normalized spacial score (nSPS) is 11.2. The molecular weight excluding hydrogens is 318 g/mol. The third kappa shape index (κ3) is 2.56. The number of aliphatic hydroxyl groups is 1. The van der Waals surface area contributed by atoms with Crippen LogP contribution < -0.4 is 14.8 Å². The van der Waals surface area contributed by atoms with Crippen molar-refractivity contribution in [3.8, 4) is 22.8 Å². The highest BCUT2D eigenvalue weighted by atomic mass is 16.5. The maximum atomic E-state index is 9.29. The van der Waals surface area contributed by atoms with Crippen molar-refractivity contribution < 1.29 is 14.6 Å². The van der Waals surface area contributed by atoms with Crippen molar-refractivity contribution in [2.75, 3.05) is 19.5 Å². The SMILES string of the molecule is COc1cc2cc3c(Nc4cccc(CO)c4)[nH][nH]c-3c2cc1OC. The van der Waals surface area contributed by atoms with Gasteiger partial charge in [0, 0.05) is 16.6 Å². The highest BCUT2D eigenvalue weighted by Gasteiger charge is 2.19. The zero-order chi connectivity index (χ0) is 17.4. The molecule has 2 aromatic carbocycles. The molecule has 6 nitrogen and oxygen atoms in total. The van der Waals surface area contributed by atoms with E-state index >= 15 is 0 Å². The molecule has 1 heterocycles. The molecule has 0 saturated carbocycles. The quantitative estimate of drug-likeness (QED) is 0.446. The number of aromatic amines is 2. The van der Waals surface area contributed by atoms with E-state index in [1.54, 1.807) is 14.2 Å². The maximum absolute atomic E-state index is 9.29. The number of ether oxygens (including phenoxy) is 2. The van der Waals surface area contributed by atoms with E-state index < -0.39 is 0 Å². The Morgan fingerprint density at radius 2 is 1.80 bits per heavy atom. The van der Waals surface area contributed by atoms with Crippen LogP contribution in [0.25, 0.3) is 22.0 Å². The first kappa shape index (κ1) is 15.4. The van der Waals surface area contributed by atoms with Crippen LogP contribution in [0, 0.1) is 0 Å². The maximum Gasteiger partial charge on any atom is 0.161 e. The van der Waals surface area contributed by atoms with Crippen molar-refractivity contribution in [2.45, 2.75) is 6.61 Å².